The van der Waals surface area contributed by atoms with Crippen molar-refractivity contribution in [1.82, 2.24) is 19.8 Å². The molecule has 106 valence electrons. The second kappa shape index (κ2) is 5.63. The minimum atomic E-state index is 0.716. The van der Waals surface area contributed by atoms with E-state index in [2.05, 4.69) is 28.9 Å². The summed E-state index contributed by atoms with van der Waals surface area (Å²) in [4.78, 5) is 7.26. The Kier molecular flexibility index (Phi) is 3.89. The van der Waals surface area contributed by atoms with E-state index in [9.17, 15) is 0 Å². The molecule has 0 aromatic carbocycles. The third kappa shape index (κ3) is 2.70. The molecule has 2 heterocycles. The number of hydrogen-bond acceptors (Lipinski definition) is 3. The molecule has 1 aliphatic heterocycles. The Hall–Kier alpha value is -0.870. The fourth-order valence-electron chi connectivity index (χ4n) is 3.44. The van der Waals surface area contributed by atoms with Crippen molar-refractivity contribution in [3.8, 4) is 0 Å². The molecule has 0 saturated heterocycles. The number of imidazole rings is 1. The number of hydrogen-bond donors (Lipinski definition) is 1. The van der Waals surface area contributed by atoms with Crippen molar-refractivity contribution in [3.05, 3.63) is 17.2 Å². The van der Waals surface area contributed by atoms with Gasteiger partial charge in [-0.3, -0.25) is 0 Å². The number of fused-ring (bicyclic) bond motifs is 1. The smallest absolute Gasteiger partial charge is 0.112 e. The van der Waals surface area contributed by atoms with Crippen LogP contribution in [0, 0.1) is 0 Å². The lowest BCUT2D eigenvalue weighted by Crippen LogP contribution is -2.27. The maximum absolute atomic E-state index is 4.99. The Labute approximate surface area is 116 Å². The molecule has 0 unspecified atom stereocenters. The summed E-state index contributed by atoms with van der Waals surface area (Å²) in [5.74, 6) is 2.10. The van der Waals surface area contributed by atoms with Crippen LogP contribution in [0.4, 0.5) is 0 Å². The van der Waals surface area contributed by atoms with Crippen molar-refractivity contribution in [2.24, 2.45) is 0 Å². The van der Waals surface area contributed by atoms with E-state index >= 15 is 0 Å². The highest BCUT2D eigenvalue weighted by molar-refractivity contribution is 5.22. The Bertz CT molecular complexity index is 430. The number of nitrogens with zero attached hydrogens (tertiary/aromatic N) is 3. The molecule has 19 heavy (non-hydrogen) atoms. The van der Waals surface area contributed by atoms with Gasteiger partial charge in [-0.2, -0.15) is 0 Å². The molecule has 0 bridgehead atoms. The second-order valence-corrected chi connectivity index (χ2v) is 6.23. The monoisotopic (exact) mass is 262 g/mol. The highest BCUT2D eigenvalue weighted by Crippen LogP contribution is 2.35. The molecule has 4 heteroatoms. The summed E-state index contributed by atoms with van der Waals surface area (Å²) in [7, 11) is 4.31. The lowest BCUT2D eigenvalue weighted by atomic mass is 10.1. The molecule has 0 atom stereocenters. The molecule has 1 saturated carbocycles. The average Bonchev–Trinajstić information content (AvgIpc) is 3.03. The Morgan fingerprint density at radius 3 is 2.84 bits per heavy atom. The first-order chi connectivity index (χ1) is 9.25. The van der Waals surface area contributed by atoms with Gasteiger partial charge in [0, 0.05) is 44.2 Å². The van der Waals surface area contributed by atoms with Crippen LogP contribution in [0.5, 0.6) is 0 Å². The molecule has 3 rings (SSSR count). The maximum Gasteiger partial charge on any atom is 0.112 e. The van der Waals surface area contributed by atoms with Crippen molar-refractivity contribution in [1.29, 1.82) is 0 Å². The molecule has 0 amide bonds. The molecular formula is C15H26N4. The highest BCUT2D eigenvalue weighted by Gasteiger charge is 2.26. The fourth-order valence-corrected chi connectivity index (χ4v) is 3.44. The fraction of sp³-hybridized carbons (Fsp3) is 0.800. The Morgan fingerprint density at radius 2 is 2.11 bits per heavy atom. The molecular weight excluding hydrogens is 236 g/mol. The Morgan fingerprint density at radius 1 is 1.32 bits per heavy atom. The van der Waals surface area contributed by atoms with Gasteiger partial charge in [0.2, 0.25) is 0 Å². The lowest BCUT2D eigenvalue weighted by Gasteiger charge is -2.19. The van der Waals surface area contributed by atoms with Crippen LogP contribution >= 0.6 is 0 Å². The number of likely N-dealkylation sites (N-methyl/N-ethyl adjacent to an activating group) is 1. The summed E-state index contributed by atoms with van der Waals surface area (Å²) in [6, 6.07) is 0. The maximum atomic E-state index is 4.99. The molecule has 1 aliphatic carbocycles. The molecule has 1 N–H and O–H groups in total. The third-order valence-corrected chi connectivity index (χ3v) is 4.51. The van der Waals surface area contributed by atoms with Gasteiger partial charge in [-0.05, 0) is 26.9 Å². The molecule has 1 aromatic heterocycles. The van der Waals surface area contributed by atoms with Crippen molar-refractivity contribution in [3.63, 3.8) is 0 Å². The van der Waals surface area contributed by atoms with E-state index in [0.29, 0.717) is 5.92 Å². The zero-order valence-electron chi connectivity index (χ0n) is 12.3. The van der Waals surface area contributed by atoms with E-state index in [1.165, 1.54) is 42.9 Å². The van der Waals surface area contributed by atoms with E-state index in [0.717, 1.165) is 32.6 Å². The predicted molar refractivity (Wildman–Crippen MR) is 77.4 cm³/mol. The van der Waals surface area contributed by atoms with Gasteiger partial charge in [-0.25, -0.2) is 4.98 Å². The van der Waals surface area contributed by atoms with E-state index < -0.39 is 0 Å². The highest BCUT2D eigenvalue weighted by atomic mass is 15.2. The Balaban J connectivity index is 1.89. The van der Waals surface area contributed by atoms with Crippen LogP contribution in [-0.4, -0.2) is 41.6 Å². The van der Waals surface area contributed by atoms with Crippen LogP contribution in [0.25, 0.3) is 0 Å². The van der Waals surface area contributed by atoms with Gasteiger partial charge < -0.3 is 14.8 Å². The zero-order valence-corrected chi connectivity index (χ0v) is 12.3. The van der Waals surface area contributed by atoms with Gasteiger partial charge in [0.15, 0.2) is 0 Å². The summed E-state index contributed by atoms with van der Waals surface area (Å²) in [6.07, 6.45) is 6.58. The van der Waals surface area contributed by atoms with E-state index in [1.807, 2.05) is 0 Å². The van der Waals surface area contributed by atoms with Crippen LogP contribution < -0.4 is 5.32 Å². The third-order valence-electron chi connectivity index (χ3n) is 4.51. The number of nitrogens with one attached hydrogen (secondary N) is 1. The van der Waals surface area contributed by atoms with E-state index in [1.54, 1.807) is 0 Å². The lowest BCUT2D eigenvalue weighted by molar-refractivity contribution is 0.373. The van der Waals surface area contributed by atoms with Gasteiger partial charge in [0.05, 0.1) is 5.69 Å². The second-order valence-electron chi connectivity index (χ2n) is 6.23. The molecule has 0 radical (unpaired) electrons. The van der Waals surface area contributed by atoms with E-state index in [4.69, 9.17) is 4.98 Å². The number of rotatable bonds is 4. The summed E-state index contributed by atoms with van der Waals surface area (Å²) in [6.45, 7) is 4.27. The van der Waals surface area contributed by atoms with Crippen molar-refractivity contribution >= 4 is 0 Å². The van der Waals surface area contributed by atoms with Crippen LogP contribution in [0.3, 0.4) is 0 Å². The van der Waals surface area contributed by atoms with Gasteiger partial charge in [0.25, 0.3) is 0 Å². The predicted octanol–water partition coefficient (Wildman–Crippen LogP) is 1.75. The summed E-state index contributed by atoms with van der Waals surface area (Å²) in [5, 5.41) is 3.45. The SMILES string of the molecule is CN(C)CCn1c(C2CCCC2)nc2c1CCNC2. The van der Waals surface area contributed by atoms with Crippen LogP contribution in [-0.2, 0) is 19.5 Å². The minimum Gasteiger partial charge on any atom is -0.330 e. The summed E-state index contributed by atoms with van der Waals surface area (Å²) in [5.41, 5.74) is 2.81. The minimum absolute atomic E-state index is 0.716. The molecule has 1 fully saturated rings. The quantitative estimate of drug-likeness (QED) is 0.897. The first-order valence-electron chi connectivity index (χ1n) is 7.69. The first kappa shape index (κ1) is 13.1. The van der Waals surface area contributed by atoms with Gasteiger partial charge in [0.1, 0.15) is 5.82 Å². The van der Waals surface area contributed by atoms with Crippen molar-refractivity contribution in [2.45, 2.75) is 51.1 Å². The summed E-state index contributed by atoms with van der Waals surface area (Å²) < 4.78 is 2.55. The van der Waals surface area contributed by atoms with Crippen LogP contribution in [0.1, 0.15) is 48.8 Å². The van der Waals surface area contributed by atoms with E-state index in [-0.39, 0.29) is 0 Å². The van der Waals surface area contributed by atoms with Crippen LogP contribution in [0.15, 0.2) is 0 Å². The van der Waals surface area contributed by atoms with Crippen LogP contribution in [0.2, 0.25) is 0 Å². The normalized spacial score (nSPS) is 20.2. The number of aromatic nitrogens is 2. The van der Waals surface area contributed by atoms with Gasteiger partial charge >= 0.3 is 0 Å². The topological polar surface area (TPSA) is 33.1 Å². The first-order valence-corrected chi connectivity index (χ1v) is 7.69. The van der Waals surface area contributed by atoms with Crippen molar-refractivity contribution < 1.29 is 0 Å². The largest absolute Gasteiger partial charge is 0.330 e. The van der Waals surface area contributed by atoms with Gasteiger partial charge in [-0.1, -0.05) is 12.8 Å². The molecule has 0 spiro atoms. The average molecular weight is 262 g/mol. The zero-order chi connectivity index (χ0) is 13.2. The molecule has 1 aromatic rings. The molecule has 4 nitrogen and oxygen atoms in total. The standard InChI is InChI=1S/C15H26N4/c1-18(2)9-10-19-14-7-8-16-11-13(14)17-15(19)12-5-3-4-6-12/h12,16H,3-11H2,1-2H3. The van der Waals surface area contributed by atoms with Gasteiger partial charge in [-0.15, -0.1) is 0 Å². The van der Waals surface area contributed by atoms with Crippen molar-refractivity contribution in [2.75, 3.05) is 27.2 Å². The summed E-state index contributed by atoms with van der Waals surface area (Å²) >= 11 is 0. The molecule has 2 aliphatic rings.